The van der Waals surface area contributed by atoms with Crippen LogP contribution in [0.2, 0.25) is 5.02 Å². The first-order valence-electron chi connectivity index (χ1n) is 3.68. The lowest BCUT2D eigenvalue weighted by Gasteiger charge is -2.13. The average Bonchev–Trinajstić information content (AvgIpc) is 2.10. The molecule has 1 rings (SSSR count). The second-order valence-electron chi connectivity index (χ2n) is 2.54. The van der Waals surface area contributed by atoms with E-state index < -0.39 is 18.7 Å². The average molecular weight is 305 g/mol. The van der Waals surface area contributed by atoms with Gasteiger partial charge in [0.25, 0.3) is 0 Å². The Morgan fingerprint density at radius 1 is 1.40 bits per heavy atom. The third-order valence-electron chi connectivity index (χ3n) is 1.54. The van der Waals surface area contributed by atoms with E-state index in [1.54, 1.807) is 0 Å². The van der Waals surface area contributed by atoms with E-state index in [2.05, 4.69) is 20.7 Å². The lowest BCUT2D eigenvalue weighted by atomic mass is 10.2. The van der Waals surface area contributed by atoms with Crippen LogP contribution < -0.4 is 4.74 Å². The van der Waals surface area contributed by atoms with Crippen LogP contribution in [-0.2, 0) is 6.61 Å². The van der Waals surface area contributed by atoms with Crippen LogP contribution in [0.25, 0.3) is 0 Å². The molecule has 0 unspecified atom stereocenters. The van der Waals surface area contributed by atoms with Crippen molar-refractivity contribution in [3.63, 3.8) is 0 Å². The van der Waals surface area contributed by atoms with Gasteiger partial charge in [0.1, 0.15) is 5.75 Å². The highest BCUT2D eigenvalue weighted by atomic mass is 79.9. The minimum Gasteiger partial charge on any atom is -0.405 e. The second-order valence-corrected chi connectivity index (χ2v) is 3.78. The first kappa shape index (κ1) is 12.6. The van der Waals surface area contributed by atoms with Crippen molar-refractivity contribution in [1.29, 1.82) is 0 Å². The van der Waals surface area contributed by atoms with Crippen molar-refractivity contribution < 1.29 is 23.0 Å². The fourth-order valence-corrected chi connectivity index (χ4v) is 1.53. The van der Waals surface area contributed by atoms with Gasteiger partial charge < -0.3 is 9.84 Å². The van der Waals surface area contributed by atoms with E-state index in [4.69, 9.17) is 16.7 Å². The summed E-state index contributed by atoms with van der Waals surface area (Å²) < 4.78 is 39.9. The monoisotopic (exact) mass is 304 g/mol. The van der Waals surface area contributed by atoms with Crippen molar-refractivity contribution in [3.8, 4) is 5.75 Å². The normalized spacial score (nSPS) is 11.6. The number of hydrogen-bond acceptors (Lipinski definition) is 2. The highest BCUT2D eigenvalue weighted by Crippen LogP contribution is 2.35. The van der Waals surface area contributed by atoms with Crippen LogP contribution in [-0.4, -0.2) is 11.5 Å². The lowest BCUT2D eigenvalue weighted by Crippen LogP contribution is -2.18. The van der Waals surface area contributed by atoms with E-state index in [1.807, 2.05) is 0 Å². The highest BCUT2D eigenvalue weighted by Gasteiger charge is 2.32. The SMILES string of the molecule is OCc1c(OC(F)(F)F)ccc(Br)c1Cl. The third kappa shape index (κ3) is 3.25. The number of halogens is 5. The molecule has 0 aromatic heterocycles. The molecule has 0 heterocycles. The van der Waals surface area contributed by atoms with Gasteiger partial charge in [-0.1, -0.05) is 11.6 Å². The van der Waals surface area contributed by atoms with Gasteiger partial charge in [0.05, 0.1) is 11.6 Å². The summed E-state index contributed by atoms with van der Waals surface area (Å²) in [6, 6.07) is 2.39. The highest BCUT2D eigenvalue weighted by molar-refractivity contribution is 9.10. The predicted molar refractivity (Wildman–Crippen MR) is 51.8 cm³/mol. The number of alkyl halides is 3. The van der Waals surface area contributed by atoms with Gasteiger partial charge in [-0.2, -0.15) is 0 Å². The summed E-state index contributed by atoms with van der Waals surface area (Å²) in [6.07, 6.45) is -4.80. The van der Waals surface area contributed by atoms with E-state index >= 15 is 0 Å². The van der Waals surface area contributed by atoms with E-state index in [1.165, 1.54) is 6.07 Å². The van der Waals surface area contributed by atoms with Crippen LogP contribution in [0, 0.1) is 0 Å². The lowest BCUT2D eigenvalue weighted by molar-refractivity contribution is -0.275. The molecule has 0 aliphatic rings. The molecule has 2 nitrogen and oxygen atoms in total. The molecule has 0 radical (unpaired) electrons. The topological polar surface area (TPSA) is 29.5 Å². The van der Waals surface area contributed by atoms with Gasteiger partial charge in [-0.05, 0) is 28.1 Å². The largest absolute Gasteiger partial charge is 0.573 e. The van der Waals surface area contributed by atoms with E-state index in [0.717, 1.165) is 6.07 Å². The maximum Gasteiger partial charge on any atom is 0.573 e. The van der Waals surface area contributed by atoms with Crippen LogP contribution >= 0.6 is 27.5 Å². The molecule has 84 valence electrons. The number of benzene rings is 1. The van der Waals surface area contributed by atoms with Crippen molar-refractivity contribution >= 4 is 27.5 Å². The molecule has 15 heavy (non-hydrogen) atoms. The van der Waals surface area contributed by atoms with Crippen LogP contribution in [0.3, 0.4) is 0 Å². The molecular weight excluding hydrogens is 300 g/mol. The first-order chi connectivity index (χ1) is 6.85. The van der Waals surface area contributed by atoms with Gasteiger partial charge in [0, 0.05) is 10.0 Å². The Labute approximate surface area is 96.7 Å². The van der Waals surface area contributed by atoms with Gasteiger partial charge >= 0.3 is 6.36 Å². The molecule has 0 atom stereocenters. The van der Waals surface area contributed by atoms with Crippen LogP contribution in [0.1, 0.15) is 5.56 Å². The maximum absolute atomic E-state index is 11.9. The second kappa shape index (κ2) is 4.59. The molecule has 1 N–H and O–H groups in total. The van der Waals surface area contributed by atoms with Gasteiger partial charge in [0.2, 0.25) is 0 Å². The summed E-state index contributed by atoms with van der Waals surface area (Å²) in [5, 5.41) is 8.87. The van der Waals surface area contributed by atoms with Crippen molar-refractivity contribution in [3.05, 3.63) is 27.2 Å². The molecule has 1 aromatic carbocycles. The molecule has 0 saturated heterocycles. The first-order valence-corrected chi connectivity index (χ1v) is 4.85. The Morgan fingerprint density at radius 3 is 2.47 bits per heavy atom. The fraction of sp³-hybridized carbons (Fsp3) is 0.250. The summed E-state index contributed by atoms with van der Waals surface area (Å²) in [6.45, 7) is -0.635. The Bertz CT molecular complexity index is 368. The zero-order valence-electron chi connectivity index (χ0n) is 7.11. The van der Waals surface area contributed by atoms with Gasteiger partial charge in [-0.15, -0.1) is 13.2 Å². The van der Waals surface area contributed by atoms with Gasteiger partial charge in [-0.25, -0.2) is 0 Å². The summed E-state index contributed by atoms with van der Waals surface area (Å²) in [7, 11) is 0. The summed E-state index contributed by atoms with van der Waals surface area (Å²) >= 11 is 8.69. The minimum atomic E-state index is -4.80. The zero-order chi connectivity index (χ0) is 11.6. The van der Waals surface area contributed by atoms with Crippen molar-refractivity contribution in [2.45, 2.75) is 13.0 Å². The zero-order valence-corrected chi connectivity index (χ0v) is 9.45. The Kier molecular flexibility index (Phi) is 3.86. The molecule has 0 bridgehead atoms. The van der Waals surface area contributed by atoms with Gasteiger partial charge in [0.15, 0.2) is 0 Å². The molecule has 1 aromatic rings. The molecule has 0 spiro atoms. The van der Waals surface area contributed by atoms with Crippen molar-refractivity contribution in [2.24, 2.45) is 0 Å². The molecular formula is C8H5BrClF3O2. The maximum atomic E-state index is 11.9. The molecule has 0 aliphatic carbocycles. The van der Waals surface area contributed by atoms with Crippen LogP contribution in [0.5, 0.6) is 5.75 Å². The predicted octanol–water partition coefficient (Wildman–Crippen LogP) is 3.49. The minimum absolute atomic E-state index is 0.000694. The smallest absolute Gasteiger partial charge is 0.405 e. The molecule has 0 fully saturated rings. The Morgan fingerprint density at radius 2 is 2.00 bits per heavy atom. The van der Waals surface area contributed by atoms with E-state index in [0.29, 0.717) is 4.47 Å². The summed E-state index contributed by atoms with van der Waals surface area (Å²) in [5.41, 5.74) is -0.108. The standard InChI is InChI=1S/C8H5BrClF3O2/c9-5-1-2-6(15-8(11,12)13)4(3-14)7(5)10/h1-2,14H,3H2. The molecule has 0 amide bonds. The number of hydrogen-bond donors (Lipinski definition) is 1. The van der Waals surface area contributed by atoms with Crippen LogP contribution in [0.4, 0.5) is 13.2 Å². The Balaban J connectivity index is 3.14. The molecule has 0 saturated carbocycles. The van der Waals surface area contributed by atoms with Crippen molar-refractivity contribution in [2.75, 3.05) is 0 Å². The number of aliphatic hydroxyl groups is 1. The Hall–Kier alpha value is -0.460. The number of ether oxygens (including phenoxy) is 1. The summed E-state index contributed by atoms with van der Waals surface area (Å²) in [5.74, 6) is -0.502. The van der Waals surface area contributed by atoms with E-state index in [9.17, 15) is 13.2 Å². The van der Waals surface area contributed by atoms with Crippen LogP contribution in [0.15, 0.2) is 16.6 Å². The third-order valence-corrected chi connectivity index (χ3v) is 2.86. The number of rotatable bonds is 2. The fourth-order valence-electron chi connectivity index (χ4n) is 0.943. The van der Waals surface area contributed by atoms with Crippen molar-refractivity contribution in [1.82, 2.24) is 0 Å². The van der Waals surface area contributed by atoms with E-state index in [-0.39, 0.29) is 10.6 Å². The van der Waals surface area contributed by atoms with Gasteiger partial charge in [-0.3, -0.25) is 0 Å². The molecule has 0 aliphatic heterocycles. The molecule has 7 heteroatoms. The summed E-state index contributed by atoms with van der Waals surface area (Å²) in [4.78, 5) is 0. The quantitative estimate of drug-likeness (QED) is 0.906. The number of aliphatic hydroxyl groups excluding tert-OH is 1.